The largest absolute Gasteiger partial charge is 0.394 e. The number of carbonyl (C=O) groups excluding carboxylic acids is 1. The zero-order valence-corrected chi connectivity index (χ0v) is 9.65. The Balaban J connectivity index is 2.10. The Morgan fingerprint density at radius 1 is 1.62 bits per heavy atom. The standard InChI is InChI=1S/C12H18N2O2/c1-9-5-12(6-9,8-13)11(16)14-4-2-3-10(14)7-15/h9-10,15H,2-7H2,1H3/t9?,10-,12?/m0/s1. The Morgan fingerprint density at radius 2 is 2.31 bits per heavy atom. The van der Waals surface area contributed by atoms with Crippen LogP contribution in [0.2, 0.25) is 0 Å². The van der Waals surface area contributed by atoms with Gasteiger partial charge in [0.2, 0.25) is 5.91 Å². The van der Waals surface area contributed by atoms with Crippen LogP contribution in [0.4, 0.5) is 0 Å². The average molecular weight is 222 g/mol. The average Bonchev–Trinajstić information content (AvgIpc) is 2.71. The monoisotopic (exact) mass is 222 g/mol. The van der Waals surface area contributed by atoms with Crippen LogP contribution in [0.5, 0.6) is 0 Å². The van der Waals surface area contributed by atoms with Gasteiger partial charge in [-0.2, -0.15) is 5.26 Å². The van der Waals surface area contributed by atoms with E-state index in [4.69, 9.17) is 0 Å². The number of nitriles is 1. The molecule has 1 heterocycles. The molecule has 4 nitrogen and oxygen atoms in total. The summed E-state index contributed by atoms with van der Waals surface area (Å²) in [6.07, 6.45) is 3.15. The van der Waals surface area contributed by atoms with Crippen LogP contribution < -0.4 is 0 Å². The Kier molecular flexibility index (Phi) is 2.90. The highest BCUT2D eigenvalue weighted by Gasteiger charge is 2.52. The molecule has 1 aliphatic heterocycles. The van der Waals surface area contributed by atoms with Crippen molar-refractivity contribution in [3.8, 4) is 6.07 Å². The summed E-state index contributed by atoms with van der Waals surface area (Å²) in [6.45, 7) is 2.78. The Morgan fingerprint density at radius 3 is 2.81 bits per heavy atom. The van der Waals surface area contributed by atoms with Gasteiger partial charge in [0, 0.05) is 6.54 Å². The van der Waals surface area contributed by atoms with E-state index in [0.717, 1.165) is 12.8 Å². The molecular formula is C12H18N2O2. The Labute approximate surface area is 95.9 Å². The first-order valence-corrected chi connectivity index (χ1v) is 5.96. The molecular weight excluding hydrogens is 204 g/mol. The van der Waals surface area contributed by atoms with Gasteiger partial charge in [-0.05, 0) is 31.6 Å². The second-order valence-electron chi connectivity index (χ2n) is 5.18. The van der Waals surface area contributed by atoms with E-state index in [9.17, 15) is 15.2 Å². The fraction of sp³-hybridized carbons (Fsp3) is 0.833. The molecule has 1 atom stereocenters. The smallest absolute Gasteiger partial charge is 0.243 e. The lowest BCUT2D eigenvalue weighted by Crippen LogP contribution is -2.52. The van der Waals surface area contributed by atoms with E-state index in [0.29, 0.717) is 25.3 Å². The van der Waals surface area contributed by atoms with Crippen LogP contribution in [0.1, 0.15) is 32.6 Å². The highest BCUT2D eigenvalue weighted by atomic mass is 16.3. The number of hydrogen-bond donors (Lipinski definition) is 1. The summed E-state index contributed by atoms with van der Waals surface area (Å²) in [5, 5.41) is 18.4. The molecule has 2 aliphatic rings. The van der Waals surface area contributed by atoms with Crippen molar-refractivity contribution in [1.82, 2.24) is 4.90 Å². The highest BCUT2D eigenvalue weighted by molar-refractivity contribution is 5.87. The number of nitrogens with zero attached hydrogens (tertiary/aromatic N) is 2. The molecule has 2 rings (SSSR count). The fourth-order valence-corrected chi connectivity index (χ4v) is 3.01. The first kappa shape index (κ1) is 11.4. The molecule has 0 radical (unpaired) electrons. The van der Waals surface area contributed by atoms with Gasteiger partial charge >= 0.3 is 0 Å². The predicted octanol–water partition coefficient (Wildman–Crippen LogP) is 0.910. The number of hydrogen-bond acceptors (Lipinski definition) is 3. The lowest BCUT2D eigenvalue weighted by Gasteiger charge is -2.42. The zero-order valence-electron chi connectivity index (χ0n) is 9.65. The van der Waals surface area contributed by atoms with Crippen LogP contribution in [0.15, 0.2) is 0 Å². The molecule has 0 aromatic carbocycles. The third-order valence-electron chi connectivity index (χ3n) is 3.87. The first-order valence-electron chi connectivity index (χ1n) is 5.96. The molecule has 0 bridgehead atoms. The van der Waals surface area contributed by atoms with Crippen molar-refractivity contribution >= 4 is 5.91 Å². The molecule has 0 spiro atoms. The van der Waals surface area contributed by atoms with Gasteiger partial charge in [-0.15, -0.1) is 0 Å². The van der Waals surface area contributed by atoms with E-state index < -0.39 is 5.41 Å². The number of rotatable bonds is 2. The summed E-state index contributed by atoms with van der Waals surface area (Å²) in [7, 11) is 0. The van der Waals surface area contributed by atoms with Crippen molar-refractivity contribution in [2.75, 3.05) is 13.2 Å². The molecule has 4 heteroatoms. The SMILES string of the molecule is CC1CC(C#N)(C(=O)N2CCC[C@H]2CO)C1. The first-order chi connectivity index (χ1) is 7.63. The van der Waals surface area contributed by atoms with Gasteiger partial charge < -0.3 is 10.0 Å². The number of aliphatic hydroxyl groups is 1. The van der Waals surface area contributed by atoms with Crippen LogP contribution >= 0.6 is 0 Å². The second kappa shape index (κ2) is 4.06. The van der Waals surface area contributed by atoms with Gasteiger partial charge in [-0.25, -0.2) is 0 Å². The minimum Gasteiger partial charge on any atom is -0.394 e. The highest BCUT2D eigenvalue weighted by Crippen LogP contribution is 2.47. The molecule has 0 aromatic heterocycles. The van der Waals surface area contributed by atoms with Crippen LogP contribution in [0.25, 0.3) is 0 Å². The molecule has 88 valence electrons. The van der Waals surface area contributed by atoms with E-state index in [1.807, 2.05) is 0 Å². The number of aliphatic hydroxyl groups excluding tert-OH is 1. The van der Waals surface area contributed by atoms with Crippen LogP contribution in [0.3, 0.4) is 0 Å². The second-order valence-corrected chi connectivity index (χ2v) is 5.18. The summed E-state index contributed by atoms with van der Waals surface area (Å²) in [6, 6.07) is 2.13. The molecule has 1 saturated carbocycles. The summed E-state index contributed by atoms with van der Waals surface area (Å²) >= 11 is 0. The summed E-state index contributed by atoms with van der Waals surface area (Å²) in [5.41, 5.74) is -0.781. The van der Waals surface area contributed by atoms with Crippen molar-refractivity contribution in [3.63, 3.8) is 0 Å². The maximum atomic E-state index is 12.3. The summed E-state index contributed by atoms with van der Waals surface area (Å²) < 4.78 is 0. The topological polar surface area (TPSA) is 64.3 Å². The minimum atomic E-state index is -0.781. The minimum absolute atomic E-state index is 0.0167. The maximum absolute atomic E-state index is 12.3. The zero-order chi connectivity index (χ0) is 11.8. The maximum Gasteiger partial charge on any atom is 0.243 e. The normalized spacial score (nSPS) is 37.9. The molecule has 2 fully saturated rings. The van der Waals surface area contributed by atoms with Crippen LogP contribution in [0, 0.1) is 22.7 Å². The molecule has 1 saturated heterocycles. The molecule has 1 aliphatic carbocycles. The van der Waals surface area contributed by atoms with Gasteiger partial charge in [-0.1, -0.05) is 6.92 Å². The Hall–Kier alpha value is -1.08. The van der Waals surface area contributed by atoms with Gasteiger partial charge in [0.25, 0.3) is 0 Å². The predicted molar refractivity (Wildman–Crippen MR) is 58.3 cm³/mol. The molecule has 1 N–H and O–H groups in total. The number of carbonyl (C=O) groups is 1. The van der Waals surface area contributed by atoms with E-state index in [1.54, 1.807) is 4.90 Å². The molecule has 0 unspecified atom stereocenters. The van der Waals surface area contributed by atoms with Crippen molar-refractivity contribution in [2.45, 2.75) is 38.6 Å². The lowest BCUT2D eigenvalue weighted by molar-refractivity contribution is -0.146. The van der Waals surface area contributed by atoms with Gasteiger partial charge in [0.1, 0.15) is 5.41 Å². The van der Waals surface area contributed by atoms with Crippen molar-refractivity contribution < 1.29 is 9.90 Å². The third kappa shape index (κ3) is 1.60. The number of amides is 1. The molecule has 1 amide bonds. The van der Waals surface area contributed by atoms with E-state index in [-0.39, 0.29) is 18.6 Å². The van der Waals surface area contributed by atoms with E-state index >= 15 is 0 Å². The van der Waals surface area contributed by atoms with Crippen molar-refractivity contribution in [2.24, 2.45) is 11.3 Å². The summed E-state index contributed by atoms with van der Waals surface area (Å²) in [4.78, 5) is 14.0. The van der Waals surface area contributed by atoms with Gasteiger partial charge in [-0.3, -0.25) is 4.79 Å². The fourth-order valence-electron chi connectivity index (χ4n) is 3.01. The molecule has 0 aromatic rings. The van der Waals surface area contributed by atoms with E-state index in [2.05, 4.69) is 13.0 Å². The molecule has 16 heavy (non-hydrogen) atoms. The van der Waals surface area contributed by atoms with Gasteiger partial charge in [0.15, 0.2) is 0 Å². The lowest BCUT2D eigenvalue weighted by atomic mass is 9.62. The van der Waals surface area contributed by atoms with Crippen molar-refractivity contribution in [3.05, 3.63) is 0 Å². The van der Waals surface area contributed by atoms with Crippen LogP contribution in [-0.4, -0.2) is 35.1 Å². The quantitative estimate of drug-likeness (QED) is 0.755. The Bertz CT molecular complexity index is 328. The number of likely N-dealkylation sites (tertiary alicyclic amines) is 1. The summed E-state index contributed by atoms with van der Waals surface area (Å²) in [5.74, 6) is 0.420. The third-order valence-corrected chi connectivity index (χ3v) is 3.87. The van der Waals surface area contributed by atoms with E-state index in [1.165, 1.54) is 0 Å². The van der Waals surface area contributed by atoms with Crippen LogP contribution in [-0.2, 0) is 4.79 Å². The van der Waals surface area contributed by atoms with Gasteiger partial charge in [0.05, 0.1) is 18.7 Å². The van der Waals surface area contributed by atoms with Crippen molar-refractivity contribution in [1.29, 1.82) is 5.26 Å².